The van der Waals surface area contributed by atoms with Crippen molar-refractivity contribution in [3.05, 3.63) is 71.9 Å². The SMILES string of the molecule is COc1ccc2nc(C(=O)N3CCC(C(=O)O)(c4ccccc4)CC3)ccc2c1. The summed E-state index contributed by atoms with van der Waals surface area (Å²) in [5.74, 6) is -0.274. The molecule has 1 aliphatic rings. The topological polar surface area (TPSA) is 79.7 Å². The molecule has 0 spiro atoms. The van der Waals surface area contributed by atoms with E-state index in [4.69, 9.17) is 4.74 Å². The fourth-order valence-corrected chi connectivity index (χ4v) is 3.99. The van der Waals surface area contributed by atoms with Gasteiger partial charge >= 0.3 is 5.97 Å². The summed E-state index contributed by atoms with van der Waals surface area (Å²) in [4.78, 5) is 31.3. The summed E-state index contributed by atoms with van der Waals surface area (Å²) < 4.78 is 5.22. The Morgan fingerprint density at radius 2 is 1.76 bits per heavy atom. The van der Waals surface area contributed by atoms with Crippen molar-refractivity contribution in [1.82, 2.24) is 9.88 Å². The minimum absolute atomic E-state index is 0.172. The first kappa shape index (κ1) is 18.9. The Bertz CT molecular complexity index is 1060. The molecule has 1 N–H and O–H groups in total. The molecule has 2 heterocycles. The maximum atomic E-state index is 13.0. The standard InChI is InChI=1S/C23H22N2O4/c1-29-18-8-10-19-16(15-18)7-9-20(24-19)21(26)25-13-11-23(12-14-25,22(27)28)17-5-3-2-4-6-17/h2-10,15H,11-14H2,1H3,(H,27,28). The summed E-state index contributed by atoms with van der Waals surface area (Å²) in [6.45, 7) is 0.755. The number of nitrogens with zero attached hydrogens (tertiary/aromatic N) is 2. The van der Waals surface area contributed by atoms with Crippen LogP contribution < -0.4 is 4.74 Å². The fraction of sp³-hybridized carbons (Fsp3) is 0.261. The number of carbonyl (C=O) groups is 2. The van der Waals surface area contributed by atoms with Crippen molar-refractivity contribution >= 4 is 22.8 Å². The molecule has 6 heteroatoms. The lowest BCUT2D eigenvalue weighted by Crippen LogP contribution is -2.49. The van der Waals surface area contributed by atoms with Gasteiger partial charge in [0.15, 0.2) is 0 Å². The van der Waals surface area contributed by atoms with E-state index < -0.39 is 11.4 Å². The van der Waals surface area contributed by atoms with Gasteiger partial charge in [0, 0.05) is 18.5 Å². The molecule has 4 rings (SSSR count). The van der Waals surface area contributed by atoms with E-state index in [1.54, 1.807) is 18.1 Å². The number of piperidine rings is 1. The minimum Gasteiger partial charge on any atom is -0.497 e. The van der Waals surface area contributed by atoms with Crippen molar-refractivity contribution in [3.8, 4) is 5.75 Å². The third-order valence-corrected chi connectivity index (χ3v) is 5.76. The highest BCUT2D eigenvalue weighted by Gasteiger charge is 2.44. The largest absolute Gasteiger partial charge is 0.497 e. The Hall–Kier alpha value is -3.41. The number of aromatic nitrogens is 1. The Balaban J connectivity index is 1.54. The number of hydrogen-bond acceptors (Lipinski definition) is 4. The maximum Gasteiger partial charge on any atom is 0.314 e. The first-order chi connectivity index (χ1) is 14.0. The maximum absolute atomic E-state index is 13.0. The number of fused-ring (bicyclic) bond motifs is 1. The molecule has 29 heavy (non-hydrogen) atoms. The number of carbonyl (C=O) groups excluding carboxylic acids is 1. The summed E-state index contributed by atoms with van der Waals surface area (Å²) >= 11 is 0. The average molecular weight is 390 g/mol. The van der Waals surface area contributed by atoms with Gasteiger partial charge in [0.25, 0.3) is 5.91 Å². The lowest BCUT2D eigenvalue weighted by atomic mass is 9.73. The van der Waals surface area contributed by atoms with Crippen molar-refractivity contribution in [2.24, 2.45) is 0 Å². The van der Waals surface area contributed by atoms with Gasteiger partial charge in [-0.3, -0.25) is 9.59 Å². The number of carboxylic acids is 1. The molecule has 0 atom stereocenters. The van der Waals surface area contributed by atoms with E-state index >= 15 is 0 Å². The van der Waals surface area contributed by atoms with Crippen LogP contribution in [0.1, 0.15) is 28.9 Å². The number of carboxylic acid groups (broad SMARTS) is 1. The van der Waals surface area contributed by atoms with Crippen LogP contribution in [0.3, 0.4) is 0 Å². The normalized spacial score (nSPS) is 15.8. The van der Waals surface area contributed by atoms with Crippen LogP contribution >= 0.6 is 0 Å². The van der Waals surface area contributed by atoms with Gasteiger partial charge in [-0.05, 0) is 42.7 Å². The average Bonchev–Trinajstić information content (AvgIpc) is 2.78. The van der Waals surface area contributed by atoms with Crippen molar-refractivity contribution < 1.29 is 19.4 Å². The second kappa shape index (κ2) is 7.54. The highest BCUT2D eigenvalue weighted by molar-refractivity contribution is 5.95. The Morgan fingerprint density at radius 3 is 2.41 bits per heavy atom. The predicted molar refractivity (Wildman–Crippen MR) is 109 cm³/mol. The highest BCUT2D eigenvalue weighted by atomic mass is 16.5. The van der Waals surface area contributed by atoms with Gasteiger partial charge in [-0.2, -0.15) is 0 Å². The first-order valence-corrected chi connectivity index (χ1v) is 9.56. The van der Waals surface area contributed by atoms with Crippen LogP contribution in [-0.4, -0.2) is 47.1 Å². The molecule has 1 amide bonds. The van der Waals surface area contributed by atoms with Crippen LogP contribution in [0.25, 0.3) is 10.9 Å². The second-order valence-corrected chi connectivity index (χ2v) is 7.30. The molecule has 1 aromatic heterocycles. The van der Waals surface area contributed by atoms with E-state index in [-0.39, 0.29) is 5.91 Å². The van der Waals surface area contributed by atoms with Crippen LogP contribution in [-0.2, 0) is 10.2 Å². The number of benzene rings is 2. The molecule has 0 bridgehead atoms. The number of likely N-dealkylation sites (tertiary alicyclic amines) is 1. The molecule has 6 nitrogen and oxygen atoms in total. The van der Waals surface area contributed by atoms with E-state index in [2.05, 4.69) is 4.98 Å². The summed E-state index contributed by atoms with van der Waals surface area (Å²) in [5.41, 5.74) is 0.922. The summed E-state index contributed by atoms with van der Waals surface area (Å²) in [5, 5.41) is 10.8. The number of methoxy groups -OCH3 is 1. The predicted octanol–water partition coefficient (Wildman–Crippen LogP) is 3.50. The summed E-state index contributed by atoms with van der Waals surface area (Å²) in [6.07, 6.45) is 0.756. The van der Waals surface area contributed by atoms with Gasteiger partial charge in [-0.25, -0.2) is 4.98 Å². The third kappa shape index (κ3) is 3.42. The molecule has 0 aliphatic carbocycles. The smallest absolute Gasteiger partial charge is 0.314 e. The van der Waals surface area contributed by atoms with Crippen molar-refractivity contribution in [2.45, 2.75) is 18.3 Å². The Morgan fingerprint density at radius 1 is 1.03 bits per heavy atom. The van der Waals surface area contributed by atoms with E-state index in [1.807, 2.05) is 54.6 Å². The van der Waals surface area contributed by atoms with E-state index in [9.17, 15) is 14.7 Å². The van der Waals surface area contributed by atoms with Gasteiger partial charge in [0.1, 0.15) is 11.4 Å². The zero-order chi connectivity index (χ0) is 20.4. The fourth-order valence-electron chi connectivity index (χ4n) is 3.99. The quantitative estimate of drug-likeness (QED) is 0.738. The molecule has 148 valence electrons. The lowest BCUT2D eigenvalue weighted by molar-refractivity contribution is -0.145. The van der Waals surface area contributed by atoms with Gasteiger partial charge in [-0.15, -0.1) is 0 Å². The van der Waals surface area contributed by atoms with Crippen molar-refractivity contribution in [2.75, 3.05) is 20.2 Å². The molecule has 3 aromatic rings. The molecule has 1 fully saturated rings. The van der Waals surface area contributed by atoms with Gasteiger partial charge in [0.2, 0.25) is 0 Å². The number of aliphatic carboxylic acids is 1. The first-order valence-electron chi connectivity index (χ1n) is 9.56. The third-order valence-electron chi connectivity index (χ3n) is 5.76. The van der Waals surface area contributed by atoms with Crippen LogP contribution in [0.15, 0.2) is 60.7 Å². The summed E-state index contributed by atoms with van der Waals surface area (Å²) in [6, 6.07) is 18.4. The summed E-state index contributed by atoms with van der Waals surface area (Å²) in [7, 11) is 1.61. The number of hydrogen-bond donors (Lipinski definition) is 1. The number of amides is 1. The molecule has 0 unspecified atom stereocenters. The van der Waals surface area contributed by atoms with Gasteiger partial charge < -0.3 is 14.7 Å². The zero-order valence-electron chi connectivity index (χ0n) is 16.2. The monoisotopic (exact) mass is 390 g/mol. The molecule has 2 aromatic carbocycles. The van der Waals surface area contributed by atoms with Crippen LogP contribution in [0.5, 0.6) is 5.75 Å². The van der Waals surface area contributed by atoms with Gasteiger partial charge in [0.05, 0.1) is 18.0 Å². The minimum atomic E-state index is -0.953. The van der Waals surface area contributed by atoms with E-state index in [0.29, 0.717) is 31.6 Å². The van der Waals surface area contributed by atoms with Crippen molar-refractivity contribution in [1.29, 1.82) is 0 Å². The van der Waals surface area contributed by atoms with E-state index in [0.717, 1.165) is 22.2 Å². The molecule has 0 saturated carbocycles. The van der Waals surface area contributed by atoms with Crippen LogP contribution in [0, 0.1) is 0 Å². The number of rotatable bonds is 4. The number of pyridine rings is 1. The zero-order valence-corrected chi connectivity index (χ0v) is 16.2. The molecule has 1 aliphatic heterocycles. The second-order valence-electron chi connectivity index (χ2n) is 7.30. The van der Waals surface area contributed by atoms with Crippen molar-refractivity contribution in [3.63, 3.8) is 0 Å². The molecular formula is C23H22N2O4. The highest BCUT2D eigenvalue weighted by Crippen LogP contribution is 2.36. The van der Waals surface area contributed by atoms with Crippen LogP contribution in [0.4, 0.5) is 0 Å². The molecule has 1 saturated heterocycles. The molecule has 0 radical (unpaired) electrons. The Kier molecular flexibility index (Phi) is 4.92. The lowest BCUT2D eigenvalue weighted by Gasteiger charge is -2.39. The van der Waals surface area contributed by atoms with E-state index in [1.165, 1.54) is 0 Å². The Labute approximate surface area is 168 Å². The molecular weight excluding hydrogens is 368 g/mol. The number of ether oxygens (including phenoxy) is 1. The van der Waals surface area contributed by atoms with Gasteiger partial charge in [-0.1, -0.05) is 36.4 Å². The van der Waals surface area contributed by atoms with Crippen LogP contribution in [0.2, 0.25) is 0 Å².